The van der Waals surface area contributed by atoms with Crippen molar-refractivity contribution in [2.45, 2.75) is 32.6 Å². The van der Waals surface area contributed by atoms with E-state index in [9.17, 15) is 4.79 Å². The Bertz CT molecular complexity index is 374. The topological polar surface area (TPSA) is 26.3 Å². The van der Waals surface area contributed by atoms with Gasteiger partial charge in [-0.2, -0.15) is 0 Å². The van der Waals surface area contributed by atoms with Crippen molar-refractivity contribution in [3.63, 3.8) is 0 Å². The Morgan fingerprint density at radius 2 is 2.19 bits per heavy atom. The molecule has 0 aliphatic heterocycles. The fourth-order valence-corrected chi connectivity index (χ4v) is 1.97. The van der Waals surface area contributed by atoms with Crippen LogP contribution in [0, 0.1) is 0 Å². The van der Waals surface area contributed by atoms with Crippen LogP contribution >= 0.6 is 11.6 Å². The lowest BCUT2D eigenvalue weighted by Gasteiger charge is -2.13. The van der Waals surface area contributed by atoms with Crippen molar-refractivity contribution in [2.24, 2.45) is 0 Å². The molecule has 0 N–H and O–H groups in total. The van der Waals surface area contributed by atoms with Gasteiger partial charge in [-0.1, -0.05) is 24.6 Å². The number of carbonyl (C=O) groups excluding carboxylic acids is 1. The first-order chi connectivity index (χ1) is 7.54. The van der Waals surface area contributed by atoms with E-state index in [-0.39, 0.29) is 5.78 Å². The Balaban J connectivity index is 2.75. The van der Waals surface area contributed by atoms with Gasteiger partial charge in [-0.05, 0) is 37.0 Å². The molecule has 0 spiro atoms. The lowest BCUT2D eigenvalue weighted by molar-refractivity contribution is -0.117. The molecule has 88 valence electrons. The number of carbonyl (C=O) groups is 1. The minimum absolute atomic E-state index is 0.219. The summed E-state index contributed by atoms with van der Waals surface area (Å²) in [4.78, 5) is 10.9. The molecule has 1 aromatic rings. The molecular formula is C13H17ClO2. The van der Waals surface area contributed by atoms with Crippen molar-refractivity contribution in [2.75, 3.05) is 7.11 Å². The van der Waals surface area contributed by atoms with Gasteiger partial charge in [-0.25, -0.2) is 0 Å². The summed E-state index contributed by atoms with van der Waals surface area (Å²) in [6, 6.07) is 5.67. The van der Waals surface area contributed by atoms with Gasteiger partial charge in [0.2, 0.25) is 0 Å². The zero-order valence-corrected chi connectivity index (χ0v) is 10.7. The maximum atomic E-state index is 10.9. The van der Waals surface area contributed by atoms with Gasteiger partial charge in [0.1, 0.15) is 11.5 Å². The molecule has 0 saturated carbocycles. The SMILES string of the molecule is COc1ccc(C(C)CCC(C)=O)c(Cl)c1. The Hall–Kier alpha value is -1.02. The van der Waals surface area contributed by atoms with Crippen molar-refractivity contribution in [3.05, 3.63) is 28.8 Å². The molecule has 0 saturated heterocycles. The summed E-state index contributed by atoms with van der Waals surface area (Å²) < 4.78 is 5.09. The summed E-state index contributed by atoms with van der Waals surface area (Å²) in [5, 5.41) is 0.704. The van der Waals surface area contributed by atoms with Gasteiger partial charge in [-0.15, -0.1) is 0 Å². The van der Waals surface area contributed by atoms with Gasteiger partial charge in [-0.3, -0.25) is 0 Å². The van der Waals surface area contributed by atoms with Crippen LogP contribution in [0.4, 0.5) is 0 Å². The Morgan fingerprint density at radius 3 is 2.69 bits per heavy atom. The number of rotatable bonds is 5. The average Bonchev–Trinajstić information content (AvgIpc) is 2.25. The molecule has 0 radical (unpaired) electrons. The number of hydrogen-bond acceptors (Lipinski definition) is 2. The van der Waals surface area contributed by atoms with Crippen LogP contribution in [0.25, 0.3) is 0 Å². The second-order valence-electron chi connectivity index (χ2n) is 4.03. The lowest BCUT2D eigenvalue weighted by Crippen LogP contribution is -1.99. The van der Waals surface area contributed by atoms with Gasteiger partial charge in [0.25, 0.3) is 0 Å². The van der Waals surface area contributed by atoms with Crippen LogP contribution in [0.2, 0.25) is 5.02 Å². The van der Waals surface area contributed by atoms with Gasteiger partial charge < -0.3 is 9.53 Å². The smallest absolute Gasteiger partial charge is 0.129 e. The largest absolute Gasteiger partial charge is 0.497 e. The standard InChI is InChI=1S/C13H17ClO2/c1-9(4-5-10(2)15)12-7-6-11(16-3)8-13(12)14/h6-9H,4-5H2,1-3H3. The monoisotopic (exact) mass is 240 g/mol. The first kappa shape index (κ1) is 13.0. The van der Waals surface area contributed by atoms with Crippen LogP contribution < -0.4 is 4.74 Å². The number of methoxy groups -OCH3 is 1. The van der Waals surface area contributed by atoms with Gasteiger partial charge >= 0.3 is 0 Å². The van der Waals surface area contributed by atoms with E-state index in [1.54, 1.807) is 20.1 Å². The molecule has 1 unspecified atom stereocenters. The number of benzene rings is 1. The molecule has 3 heteroatoms. The molecule has 0 aromatic heterocycles. The Morgan fingerprint density at radius 1 is 1.50 bits per heavy atom. The maximum Gasteiger partial charge on any atom is 0.129 e. The minimum atomic E-state index is 0.219. The van der Waals surface area contributed by atoms with Crippen molar-refractivity contribution < 1.29 is 9.53 Å². The summed E-state index contributed by atoms with van der Waals surface area (Å²) in [5.41, 5.74) is 1.07. The highest BCUT2D eigenvalue weighted by atomic mass is 35.5. The maximum absolute atomic E-state index is 10.9. The van der Waals surface area contributed by atoms with Crippen molar-refractivity contribution in [1.29, 1.82) is 0 Å². The molecule has 0 aliphatic rings. The molecule has 0 bridgehead atoms. The molecule has 0 amide bonds. The van der Waals surface area contributed by atoms with E-state index < -0.39 is 0 Å². The first-order valence-electron chi connectivity index (χ1n) is 5.37. The third-order valence-electron chi connectivity index (χ3n) is 2.67. The van der Waals surface area contributed by atoms with Crippen LogP contribution in [0.15, 0.2) is 18.2 Å². The van der Waals surface area contributed by atoms with Gasteiger partial charge in [0.15, 0.2) is 0 Å². The minimum Gasteiger partial charge on any atom is -0.497 e. The zero-order valence-electron chi connectivity index (χ0n) is 9.92. The van der Waals surface area contributed by atoms with Crippen LogP contribution in [0.3, 0.4) is 0 Å². The summed E-state index contributed by atoms with van der Waals surface area (Å²) in [6.45, 7) is 3.69. The van der Waals surface area contributed by atoms with Gasteiger partial charge in [0, 0.05) is 11.4 Å². The molecular weight excluding hydrogens is 224 g/mol. The first-order valence-corrected chi connectivity index (χ1v) is 5.75. The fourth-order valence-electron chi connectivity index (χ4n) is 1.61. The summed E-state index contributed by atoms with van der Waals surface area (Å²) in [5.74, 6) is 1.27. The van der Waals surface area contributed by atoms with Crippen molar-refractivity contribution in [3.8, 4) is 5.75 Å². The second-order valence-corrected chi connectivity index (χ2v) is 4.44. The molecule has 1 aromatic carbocycles. The van der Waals surface area contributed by atoms with Crippen molar-refractivity contribution >= 4 is 17.4 Å². The van der Waals surface area contributed by atoms with E-state index in [1.165, 1.54) is 0 Å². The number of ketones is 1. The van der Waals surface area contributed by atoms with E-state index >= 15 is 0 Å². The number of ether oxygens (including phenoxy) is 1. The number of Topliss-reactive ketones (excluding diaryl/α,β-unsaturated/α-hetero) is 1. The van der Waals surface area contributed by atoms with Crippen LogP contribution in [0.1, 0.15) is 38.2 Å². The van der Waals surface area contributed by atoms with E-state index in [1.807, 2.05) is 12.1 Å². The summed E-state index contributed by atoms with van der Waals surface area (Å²) >= 11 is 6.15. The molecule has 1 rings (SSSR count). The van der Waals surface area contributed by atoms with Crippen LogP contribution in [-0.2, 0) is 4.79 Å². The van der Waals surface area contributed by atoms with E-state index in [2.05, 4.69) is 6.92 Å². The van der Waals surface area contributed by atoms with E-state index in [4.69, 9.17) is 16.3 Å². The highest BCUT2D eigenvalue weighted by molar-refractivity contribution is 6.31. The highest BCUT2D eigenvalue weighted by Crippen LogP contribution is 2.30. The third-order valence-corrected chi connectivity index (χ3v) is 3.00. The summed E-state index contributed by atoms with van der Waals surface area (Å²) in [6.07, 6.45) is 1.44. The van der Waals surface area contributed by atoms with Crippen LogP contribution in [-0.4, -0.2) is 12.9 Å². The number of hydrogen-bond donors (Lipinski definition) is 0. The molecule has 0 heterocycles. The van der Waals surface area contributed by atoms with Gasteiger partial charge in [0.05, 0.1) is 7.11 Å². The average molecular weight is 241 g/mol. The number of halogens is 1. The van der Waals surface area contributed by atoms with Crippen molar-refractivity contribution in [1.82, 2.24) is 0 Å². The lowest BCUT2D eigenvalue weighted by atomic mass is 9.95. The molecule has 2 nitrogen and oxygen atoms in total. The Labute approximate surface area is 102 Å². The Kier molecular flexibility index (Phi) is 4.81. The molecule has 16 heavy (non-hydrogen) atoms. The third kappa shape index (κ3) is 3.53. The molecule has 0 fully saturated rings. The summed E-state index contributed by atoms with van der Waals surface area (Å²) in [7, 11) is 1.62. The normalized spacial score (nSPS) is 12.2. The van der Waals surface area contributed by atoms with E-state index in [0.717, 1.165) is 17.7 Å². The predicted molar refractivity (Wildman–Crippen MR) is 66.3 cm³/mol. The quantitative estimate of drug-likeness (QED) is 0.782. The molecule has 0 aliphatic carbocycles. The fraction of sp³-hybridized carbons (Fsp3) is 0.462. The predicted octanol–water partition coefficient (Wildman–Crippen LogP) is 3.82. The highest BCUT2D eigenvalue weighted by Gasteiger charge is 2.11. The zero-order chi connectivity index (χ0) is 12.1. The second kappa shape index (κ2) is 5.90. The molecule has 1 atom stereocenters. The van der Waals surface area contributed by atoms with E-state index in [0.29, 0.717) is 17.4 Å². The van der Waals surface area contributed by atoms with Crippen LogP contribution in [0.5, 0.6) is 5.75 Å².